The summed E-state index contributed by atoms with van der Waals surface area (Å²) in [5.74, 6) is 2.64. The zero-order valence-electron chi connectivity index (χ0n) is 9.37. The molecule has 1 saturated carbocycles. The number of thiocarbonyl (C=S) groups is 1. The first-order valence-corrected chi connectivity index (χ1v) is 7.24. The van der Waals surface area contributed by atoms with Crippen LogP contribution < -0.4 is 5.73 Å². The summed E-state index contributed by atoms with van der Waals surface area (Å²) in [6, 6.07) is 0.791. The van der Waals surface area contributed by atoms with Gasteiger partial charge < -0.3 is 10.6 Å². The van der Waals surface area contributed by atoms with Gasteiger partial charge in [-0.1, -0.05) is 12.2 Å². The second kappa shape index (κ2) is 4.60. The molecule has 86 valence electrons. The number of rotatable bonds is 5. The van der Waals surface area contributed by atoms with Gasteiger partial charge in [-0.05, 0) is 37.5 Å². The molecule has 1 aliphatic carbocycles. The highest BCUT2D eigenvalue weighted by atomic mass is 32.2. The molecule has 1 atom stereocenters. The topological polar surface area (TPSA) is 29.3 Å². The molecule has 2 aliphatic rings. The molecule has 0 spiro atoms. The lowest BCUT2D eigenvalue weighted by Gasteiger charge is -2.28. The molecule has 0 amide bonds. The van der Waals surface area contributed by atoms with Crippen molar-refractivity contribution in [1.82, 2.24) is 4.90 Å². The van der Waals surface area contributed by atoms with Crippen LogP contribution >= 0.6 is 24.0 Å². The summed E-state index contributed by atoms with van der Waals surface area (Å²) in [6.07, 6.45) is 4.93. The largest absolute Gasteiger partial charge is 0.393 e. The van der Waals surface area contributed by atoms with Crippen molar-refractivity contribution >= 4 is 29.0 Å². The second-order valence-electron chi connectivity index (χ2n) is 5.08. The van der Waals surface area contributed by atoms with Gasteiger partial charge in [-0.25, -0.2) is 0 Å². The SMILES string of the molecule is CN(CC1(CC(N)=S)CC1)C1CCSC1. The number of nitrogens with zero attached hydrogens (tertiary/aromatic N) is 1. The number of hydrogen-bond donors (Lipinski definition) is 1. The fourth-order valence-electron chi connectivity index (χ4n) is 2.47. The Labute approximate surface area is 102 Å². The van der Waals surface area contributed by atoms with E-state index in [1.165, 1.54) is 37.3 Å². The quantitative estimate of drug-likeness (QED) is 0.748. The van der Waals surface area contributed by atoms with E-state index < -0.39 is 0 Å². The number of hydrogen-bond acceptors (Lipinski definition) is 3. The summed E-state index contributed by atoms with van der Waals surface area (Å²) in [6.45, 7) is 1.19. The Kier molecular flexibility index (Phi) is 3.58. The van der Waals surface area contributed by atoms with Crippen molar-refractivity contribution < 1.29 is 0 Å². The fourth-order valence-corrected chi connectivity index (χ4v) is 4.07. The average molecular weight is 244 g/mol. The maximum Gasteiger partial charge on any atom is 0.0733 e. The molecular weight excluding hydrogens is 224 g/mol. The van der Waals surface area contributed by atoms with E-state index in [9.17, 15) is 0 Å². The summed E-state index contributed by atoms with van der Waals surface area (Å²) >= 11 is 7.11. The molecular formula is C11H20N2S2. The van der Waals surface area contributed by atoms with Crippen LogP contribution in [0.3, 0.4) is 0 Å². The lowest BCUT2D eigenvalue weighted by Crippen LogP contribution is -2.37. The fraction of sp³-hybridized carbons (Fsp3) is 0.909. The third kappa shape index (κ3) is 3.08. The van der Waals surface area contributed by atoms with Gasteiger partial charge in [0.25, 0.3) is 0 Å². The van der Waals surface area contributed by atoms with Crippen LogP contribution in [0.4, 0.5) is 0 Å². The molecule has 2 nitrogen and oxygen atoms in total. The molecule has 2 N–H and O–H groups in total. The van der Waals surface area contributed by atoms with Crippen LogP contribution in [-0.4, -0.2) is 41.0 Å². The average Bonchev–Trinajstić information content (AvgIpc) is 2.68. The van der Waals surface area contributed by atoms with Gasteiger partial charge in [-0.3, -0.25) is 0 Å². The van der Waals surface area contributed by atoms with E-state index in [-0.39, 0.29) is 0 Å². The molecule has 1 aliphatic heterocycles. The number of thioether (sulfide) groups is 1. The van der Waals surface area contributed by atoms with E-state index in [2.05, 4.69) is 23.7 Å². The monoisotopic (exact) mass is 244 g/mol. The summed E-state index contributed by atoms with van der Waals surface area (Å²) in [7, 11) is 2.26. The van der Waals surface area contributed by atoms with E-state index in [4.69, 9.17) is 18.0 Å². The van der Waals surface area contributed by atoms with Gasteiger partial charge >= 0.3 is 0 Å². The molecule has 1 saturated heterocycles. The Hall–Kier alpha value is 0.200. The van der Waals surface area contributed by atoms with E-state index in [0.29, 0.717) is 10.4 Å². The van der Waals surface area contributed by atoms with E-state index in [0.717, 1.165) is 12.5 Å². The van der Waals surface area contributed by atoms with Crippen LogP contribution in [0.2, 0.25) is 0 Å². The maximum atomic E-state index is 5.66. The lowest BCUT2D eigenvalue weighted by molar-refractivity contribution is 0.214. The van der Waals surface area contributed by atoms with E-state index >= 15 is 0 Å². The van der Waals surface area contributed by atoms with Gasteiger partial charge in [0, 0.05) is 24.8 Å². The molecule has 0 radical (unpaired) electrons. The molecule has 1 unspecified atom stereocenters. The van der Waals surface area contributed by atoms with Gasteiger partial charge in [-0.15, -0.1) is 0 Å². The third-order valence-electron chi connectivity index (χ3n) is 3.62. The predicted octanol–water partition coefficient (Wildman–Crippen LogP) is 1.88. The Balaban J connectivity index is 1.82. The molecule has 0 bridgehead atoms. The van der Waals surface area contributed by atoms with Crippen molar-refractivity contribution in [2.24, 2.45) is 11.1 Å². The third-order valence-corrected chi connectivity index (χ3v) is 4.91. The molecule has 2 fully saturated rings. The maximum absolute atomic E-state index is 5.66. The minimum Gasteiger partial charge on any atom is -0.393 e. The predicted molar refractivity (Wildman–Crippen MR) is 71.4 cm³/mol. The summed E-state index contributed by atoms with van der Waals surface area (Å²) in [5, 5.41) is 0. The zero-order valence-corrected chi connectivity index (χ0v) is 11.0. The Bertz CT molecular complexity index is 245. The minimum absolute atomic E-state index is 0.452. The van der Waals surface area contributed by atoms with Gasteiger partial charge in [-0.2, -0.15) is 11.8 Å². The van der Waals surface area contributed by atoms with Crippen LogP contribution in [0.1, 0.15) is 25.7 Å². The Morgan fingerprint density at radius 3 is 2.80 bits per heavy atom. The highest BCUT2D eigenvalue weighted by molar-refractivity contribution is 7.99. The van der Waals surface area contributed by atoms with Crippen LogP contribution in [-0.2, 0) is 0 Å². The summed E-state index contributed by atoms with van der Waals surface area (Å²) in [5.41, 5.74) is 6.11. The highest BCUT2D eigenvalue weighted by Gasteiger charge is 2.44. The van der Waals surface area contributed by atoms with Crippen LogP contribution in [0.15, 0.2) is 0 Å². The van der Waals surface area contributed by atoms with Gasteiger partial charge in [0.1, 0.15) is 0 Å². The normalized spacial score (nSPS) is 28.3. The molecule has 0 aromatic rings. The second-order valence-corrected chi connectivity index (χ2v) is 6.75. The van der Waals surface area contributed by atoms with E-state index in [1.807, 2.05) is 0 Å². The lowest BCUT2D eigenvalue weighted by atomic mass is 10.0. The van der Waals surface area contributed by atoms with Gasteiger partial charge in [0.2, 0.25) is 0 Å². The van der Waals surface area contributed by atoms with Crippen LogP contribution in [0.5, 0.6) is 0 Å². The summed E-state index contributed by atoms with van der Waals surface area (Å²) in [4.78, 5) is 3.23. The minimum atomic E-state index is 0.452. The van der Waals surface area contributed by atoms with Crippen molar-refractivity contribution in [3.63, 3.8) is 0 Å². The smallest absolute Gasteiger partial charge is 0.0733 e. The van der Waals surface area contributed by atoms with E-state index in [1.54, 1.807) is 0 Å². The first-order valence-electron chi connectivity index (χ1n) is 5.68. The molecule has 15 heavy (non-hydrogen) atoms. The first-order chi connectivity index (χ1) is 7.11. The van der Waals surface area contributed by atoms with Crippen molar-refractivity contribution in [3.8, 4) is 0 Å². The number of nitrogens with two attached hydrogens (primary N) is 1. The van der Waals surface area contributed by atoms with Crippen molar-refractivity contribution in [1.29, 1.82) is 0 Å². The zero-order chi connectivity index (χ0) is 10.9. The molecule has 4 heteroatoms. The standard InChI is InChI=1S/C11H20N2S2/c1-13(9-2-5-15-7-9)8-11(3-4-11)6-10(12)14/h9H,2-8H2,1H3,(H2,12,14). The first kappa shape index (κ1) is 11.7. The highest BCUT2D eigenvalue weighted by Crippen LogP contribution is 2.49. The Morgan fingerprint density at radius 2 is 2.33 bits per heavy atom. The van der Waals surface area contributed by atoms with Crippen molar-refractivity contribution in [2.75, 3.05) is 25.1 Å². The van der Waals surface area contributed by atoms with Crippen LogP contribution in [0.25, 0.3) is 0 Å². The van der Waals surface area contributed by atoms with Gasteiger partial charge in [0.05, 0.1) is 4.99 Å². The van der Waals surface area contributed by atoms with Crippen molar-refractivity contribution in [2.45, 2.75) is 31.7 Å². The molecule has 0 aromatic heterocycles. The molecule has 1 heterocycles. The van der Waals surface area contributed by atoms with Crippen LogP contribution in [0, 0.1) is 5.41 Å². The molecule has 0 aromatic carbocycles. The molecule has 2 rings (SSSR count). The van der Waals surface area contributed by atoms with Crippen molar-refractivity contribution in [3.05, 3.63) is 0 Å². The Morgan fingerprint density at radius 1 is 1.60 bits per heavy atom. The van der Waals surface area contributed by atoms with Gasteiger partial charge in [0.15, 0.2) is 0 Å². The summed E-state index contributed by atoms with van der Waals surface area (Å²) < 4.78 is 0.